The van der Waals surface area contributed by atoms with Gasteiger partial charge in [-0.15, -0.1) is 0 Å². The first-order chi connectivity index (χ1) is 5.66. The highest BCUT2D eigenvalue weighted by Gasteiger charge is 2.15. The largest absolute Gasteiger partial charge is 0.506 e. The van der Waals surface area contributed by atoms with Gasteiger partial charge in [-0.25, -0.2) is 8.78 Å². The van der Waals surface area contributed by atoms with Crippen LogP contribution in [0.3, 0.4) is 0 Å². The van der Waals surface area contributed by atoms with Crippen LogP contribution in [0.5, 0.6) is 5.75 Å². The summed E-state index contributed by atoms with van der Waals surface area (Å²) >= 11 is 0. The Morgan fingerprint density at radius 3 is 2.58 bits per heavy atom. The maximum atomic E-state index is 12.1. The molecule has 1 heterocycles. The van der Waals surface area contributed by atoms with E-state index in [1.807, 2.05) is 0 Å². The zero-order chi connectivity index (χ0) is 9.14. The molecule has 0 aliphatic carbocycles. The summed E-state index contributed by atoms with van der Waals surface area (Å²) in [5.74, 6) is -0.525. The van der Waals surface area contributed by atoms with E-state index in [0.29, 0.717) is 0 Å². The predicted molar refractivity (Wildman–Crippen MR) is 36.2 cm³/mol. The van der Waals surface area contributed by atoms with Gasteiger partial charge in [-0.1, -0.05) is 0 Å². The zero-order valence-electron chi connectivity index (χ0n) is 5.87. The maximum Gasteiger partial charge on any atom is 0.266 e. The van der Waals surface area contributed by atoms with Gasteiger partial charge in [0, 0.05) is 6.20 Å². The molecular formula is C7H5F2NO2. The van der Waals surface area contributed by atoms with Gasteiger partial charge in [-0.2, -0.15) is 0 Å². The summed E-state index contributed by atoms with van der Waals surface area (Å²) < 4.78 is 24.2. The van der Waals surface area contributed by atoms with Crippen LogP contribution in [0.4, 0.5) is 8.78 Å². The van der Waals surface area contributed by atoms with E-state index in [1.165, 1.54) is 0 Å². The topological polar surface area (TPSA) is 50.2 Å². The van der Waals surface area contributed by atoms with Crippen LogP contribution >= 0.6 is 0 Å². The number of aromatic hydroxyl groups is 1. The highest BCUT2D eigenvalue weighted by molar-refractivity contribution is 5.81. The number of alkyl halides is 2. The summed E-state index contributed by atoms with van der Waals surface area (Å²) in [7, 11) is 0. The van der Waals surface area contributed by atoms with Gasteiger partial charge >= 0.3 is 0 Å². The van der Waals surface area contributed by atoms with Gasteiger partial charge in [0.25, 0.3) is 6.43 Å². The Bertz CT molecular complexity index is 301. The normalized spacial score (nSPS) is 10.2. The molecule has 0 amide bonds. The van der Waals surface area contributed by atoms with E-state index in [9.17, 15) is 13.6 Å². The van der Waals surface area contributed by atoms with Crippen LogP contribution in [-0.4, -0.2) is 16.4 Å². The first kappa shape index (κ1) is 8.58. The first-order valence-electron chi connectivity index (χ1n) is 3.07. The fourth-order valence-corrected chi connectivity index (χ4v) is 0.777. The summed E-state index contributed by atoms with van der Waals surface area (Å²) in [6.07, 6.45) is -0.827. The second kappa shape index (κ2) is 3.25. The average molecular weight is 173 g/mol. The van der Waals surface area contributed by atoms with E-state index < -0.39 is 23.3 Å². The smallest absolute Gasteiger partial charge is 0.266 e. The molecule has 0 aliphatic rings. The Kier molecular flexibility index (Phi) is 2.32. The molecule has 0 aliphatic heterocycles. The number of carbonyl (C=O) groups excluding carboxylic acids is 1. The molecule has 0 atom stereocenters. The van der Waals surface area contributed by atoms with Crippen LogP contribution in [-0.2, 0) is 0 Å². The zero-order valence-corrected chi connectivity index (χ0v) is 5.87. The molecule has 1 N–H and O–H groups in total. The summed E-state index contributed by atoms with van der Waals surface area (Å²) in [6.45, 7) is 0. The molecule has 3 nitrogen and oxygen atoms in total. The third-order valence-corrected chi connectivity index (χ3v) is 1.35. The van der Waals surface area contributed by atoms with E-state index in [-0.39, 0.29) is 6.29 Å². The van der Waals surface area contributed by atoms with Gasteiger partial charge in [-0.3, -0.25) is 9.78 Å². The lowest BCUT2D eigenvalue weighted by molar-refractivity contribution is 0.110. The Hall–Kier alpha value is -1.52. The molecule has 0 bridgehead atoms. The molecule has 0 saturated heterocycles. The third-order valence-electron chi connectivity index (χ3n) is 1.35. The molecule has 64 valence electrons. The highest BCUT2D eigenvalue weighted by Crippen LogP contribution is 2.25. The number of hydrogen-bond donors (Lipinski definition) is 1. The molecule has 12 heavy (non-hydrogen) atoms. The van der Waals surface area contributed by atoms with Crippen molar-refractivity contribution in [2.24, 2.45) is 0 Å². The molecule has 0 aromatic carbocycles. The highest BCUT2D eigenvalue weighted by atomic mass is 19.3. The fraction of sp³-hybridized carbons (Fsp3) is 0.143. The summed E-state index contributed by atoms with van der Waals surface area (Å²) in [5, 5.41) is 8.91. The van der Waals surface area contributed by atoms with Gasteiger partial charge < -0.3 is 5.11 Å². The van der Waals surface area contributed by atoms with E-state index in [0.717, 1.165) is 12.4 Å². The van der Waals surface area contributed by atoms with Gasteiger partial charge in [0.1, 0.15) is 5.75 Å². The maximum absolute atomic E-state index is 12.1. The predicted octanol–water partition coefficient (Wildman–Crippen LogP) is 1.54. The first-order valence-corrected chi connectivity index (χ1v) is 3.07. The number of carbonyl (C=O) groups is 1. The standard InChI is InChI=1S/C7H5F2NO2/c8-7(9)4-1-10-2-6(12)5(4)3-11/h1-3,7,12H. The Balaban J connectivity index is 3.27. The van der Waals surface area contributed by atoms with E-state index in [2.05, 4.69) is 4.98 Å². The molecular weight excluding hydrogens is 168 g/mol. The number of pyridine rings is 1. The Morgan fingerprint density at radius 2 is 2.17 bits per heavy atom. The lowest BCUT2D eigenvalue weighted by Crippen LogP contribution is -1.94. The van der Waals surface area contributed by atoms with Crippen molar-refractivity contribution >= 4 is 6.29 Å². The summed E-state index contributed by atoms with van der Waals surface area (Å²) in [5.41, 5.74) is -0.954. The summed E-state index contributed by atoms with van der Waals surface area (Å²) in [6, 6.07) is 0. The number of aldehydes is 1. The van der Waals surface area contributed by atoms with Crippen molar-refractivity contribution in [1.29, 1.82) is 0 Å². The molecule has 0 spiro atoms. The molecule has 1 aromatic heterocycles. The van der Waals surface area contributed by atoms with Crippen molar-refractivity contribution in [3.8, 4) is 5.75 Å². The second-order valence-corrected chi connectivity index (χ2v) is 2.08. The number of rotatable bonds is 2. The number of nitrogens with zero attached hydrogens (tertiary/aromatic N) is 1. The minimum absolute atomic E-state index is 0.179. The van der Waals surface area contributed by atoms with Crippen LogP contribution < -0.4 is 0 Å². The van der Waals surface area contributed by atoms with Crippen molar-refractivity contribution in [2.75, 3.05) is 0 Å². The van der Waals surface area contributed by atoms with Crippen LogP contribution in [0.2, 0.25) is 0 Å². The van der Waals surface area contributed by atoms with Crippen molar-refractivity contribution in [2.45, 2.75) is 6.43 Å². The number of halogens is 2. The van der Waals surface area contributed by atoms with Crippen molar-refractivity contribution < 1.29 is 18.7 Å². The SMILES string of the molecule is O=Cc1c(O)cncc1C(F)F. The quantitative estimate of drug-likeness (QED) is 0.690. The lowest BCUT2D eigenvalue weighted by Gasteiger charge is -2.02. The number of hydrogen-bond acceptors (Lipinski definition) is 3. The van der Waals surface area contributed by atoms with Crippen molar-refractivity contribution in [3.63, 3.8) is 0 Å². The van der Waals surface area contributed by atoms with Crippen molar-refractivity contribution in [3.05, 3.63) is 23.5 Å². The van der Waals surface area contributed by atoms with Crippen LogP contribution in [0.15, 0.2) is 12.4 Å². The molecule has 0 fully saturated rings. The van der Waals surface area contributed by atoms with E-state index in [4.69, 9.17) is 5.11 Å². The van der Waals surface area contributed by atoms with Gasteiger partial charge in [0.2, 0.25) is 0 Å². The third kappa shape index (κ3) is 1.39. The molecule has 1 rings (SSSR count). The Morgan fingerprint density at radius 1 is 1.50 bits per heavy atom. The lowest BCUT2D eigenvalue weighted by atomic mass is 10.1. The van der Waals surface area contributed by atoms with Gasteiger partial charge in [0.15, 0.2) is 6.29 Å². The van der Waals surface area contributed by atoms with Crippen LogP contribution in [0.1, 0.15) is 22.3 Å². The second-order valence-electron chi connectivity index (χ2n) is 2.08. The monoisotopic (exact) mass is 173 g/mol. The van der Waals surface area contributed by atoms with Gasteiger partial charge in [-0.05, 0) is 0 Å². The van der Waals surface area contributed by atoms with E-state index in [1.54, 1.807) is 0 Å². The minimum atomic E-state index is -2.80. The average Bonchev–Trinajstić information content (AvgIpc) is 2.03. The summed E-state index contributed by atoms with van der Waals surface area (Å²) in [4.78, 5) is 13.6. The molecule has 0 radical (unpaired) electrons. The van der Waals surface area contributed by atoms with E-state index >= 15 is 0 Å². The Labute approximate surface area is 66.7 Å². The molecule has 5 heteroatoms. The van der Waals surface area contributed by atoms with Crippen LogP contribution in [0, 0.1) is 0 Å². The van der Waals surface area contributed by atoms with Crippen molar-refractivity contribution in [1.82, 2.24) is 4.98 Å². The molecule has 0 unspecified atom stereocenters. The number of aromatic nitrogens is 1. The molecule has 1 aromatic rings. The minimum Gasteiger partial charge on any atom is -0.506 e. The van der Waals surface area contributed by atoms with Crippen LogP contribution in [0.25, 0.3) is 0 Å². The fourth-order valence-electron chi connectivity index (χ4n) is 0.777. The molecule has 0 saturated carbocycles. The van der Waals surface area contributed by atoms with Gasteiger partial charge in [0.05, 0.1) is 17.3 Å².